The predicted octanol–water partition coefficient (Wildman–Crippen LogP) is 3.95. The minimum atomic E-state index is -0.421. The highest BCUT2D eigenvalue weighted by molar-refractivity contribution is 8.01. The molecule has 0 aromatic heterocycles. The van der Waals surface area contributed by atoms with Crippen molar-refractivity contribution in [2.24, 2.45) is 0 Å². The number of aryl methyl sites for hydroxylation is 1. The number of ether oxygens (including phenoxy) is 1. The number of hydrogen-bond acceptors (Lipinski definition) is 5. The van der Waals surface area contributed by atoms with Crippen LogP contribution in [0.5, 0.6) is 5.75 Å². The molecule has 152 valence electrons. The van der Waals surface area contributed by atoms with Crippen molar-refractivity contribution in [2.45, 2.75) is 19.1 Å². The molecule has 0 bridgehead atoms. The standard InChI is InChI=1S/C21H21ClN2O4S/c1-12-8-15(22)5-6-16(12)23-19(25)11-29-13(2)21(27)14-4-7-18-17(9-14)24(3)20(26)10-28-18/h4-9,13H,10-11H2,1-3H3,(H,23,25). The van der Waals surface area contributed by atoms with Crippen LogP contribution in [0, 0.1) is 6.92 Å². The zero-order chi connectivity index (χ0) is 21.1. The van der Waals surface area contributed by atoms with Gasteiger partial charge in [-0.15, -0.1) is 11.8 Å². The molecule has 0 radical (unpaired) electrons. The van der Waals surface area contributed by atoms with Crippen LogP contribution < -0.4 is 15.0 Å². The number of nitrogens with one attached hydrogen (secondary N) is 1. The van der Waals surface area contributed by atoms with E-state index >= 15 is 0 Å². The number of rotatable bonds is 6. The average molecular weight is 433 g/mol. The summed E-state index contributed by atoms with van der Waals surface area (Å²) in [5, 5.41) is 3.02. The third-order valence-corrected chi connectivity index (χ3v) is 6.00. The number of thioether (sulfide) groups is 1. The van der Waals surface area contributed by atoms with Crippen LogP contribution in [0.15, 0.2) is 36.4 Å². The van der Waals surface area contributed by atoms with Crippen LogP contribution in [0.4, 0.5) is 11.4 Å². The number of hydrogen-bond donors (Lipinski definition) is 1. The monoisotopic (exact) mass is 432 g/mol. The summed E-state index contributed by atoms with van der Waals surface area (Å²) >= 11 is 7.18. The molecular formula is C21H21ClN2O4S. The van der Waals surface area contributed by atoms with Crippen LogP contribution in [0.25, 0.3) is 0 Å². The maximum atomic E-state index is 12.8. The first kappa shape index (κ1) is 21.2. The van der Waals surface area contributed by atoms with Crippen molar-refractivity contribution in [1.82, 2.24) is 0 Å². The molecule has 8 heteroatoms. The van der Waals surface area contributed by atoms with Gasteiger partial charge in [0, 0.05) is 23.3 Å². The lowest BCUT2D eigenvalue weighted by atomic mass is 10.1. The molecule has 3 rings (SSSR count). The number of halogens is 1. The first-order chi connectivity index (χ1) is 13.8. The topological polar surface area (TPSA) is 75.7 Å². The highest BCUT2D eigenvalue weighted by Crippen LogP contribution is 2.33. The SMILES string of the molecule is Cc1cc(Cl)ccc1NC(=O)CSC(C)C(=O)c1ccc2c(c1)N(C)C(=O)CO2. The van der Waals surface area contributed by atoms with Gasteiger partial charge in [-0.25, -0.2) is 0 Å². The van der Waals surface area contributed by atoms with E-state index in [0.29, 0.717) is 27.7 Å². The zero-order valence-electron chi connectivity index (χ0n) is 16.3. The normalized spacial score (nSPS) is 14.1. The molecule has 0 saturated carbocycles. The number of amides is 2. The van der Waals surface area contributed by atoms with Crippen LogP contribution in [0.3, 0.4) is 0 Å². The molecule has 1 unspecified atom stereocenters. The fourth-order valence-corrected chi connectivity index (χ4v) is 3.88. The van der Waals surface area contributed by atoms with Crippen molar-refractivity contribution in [3.05, 3.63) is 52.5 Å². The lowest BCUT2D eigenvalue weighted by molar-refractivity contribution is -0.121. The van der Waals surface area contributed by atoms with E-state index in [4.69, 9.17) is 16.3 Å². The second-order valence-electron chi connectivity index (χ2n) is 6.75. The molecule has 0 fully saturated rings. The highest BCUT2D eigenvalue weighted by Gasteiger charge is 2.25. The number of likely N-dealkylation sites (N-methyl/N-ethyl adjacent to an activating group) is 1. The van der Waals surface area contributed by atoms with Gasteiger partial charge < -0.3 is 15.0 Å². The van der Waals surface area contributed by atoms with E-state index in [0.717, 1.165) is 5.56 Å². The van der Waals surface area contributed by atoms with Gasteiger partial charge in [-0.05, 0) is 55.8 Å². The largest absolute Gasteiger partial charge is 0.482 e. The number of Topliss-reactive ketones (excluding diaryl/α,β-unsaturated/α-hetero) is 1. The summed E-state index contributed by atoms with van der Waals surface area (Å²) in [6.45, 7) is 3.62. The number of carbonyl (C=O) groups is 3. The maximum absolute atomic E-state index is 12.8. The van der Waals surface area contributed by atoms with E-state index in [2.05, 4.69) is 5.32 Å². The zero-order valence-corrected chi connectivity index (χ0v) is 17.9. The molecule has 1 heterocycles. The summed E-state index contributed by atoms with van der Waals surface area (Å²) in [5.41, 5.74) is 2.61. The minimum Gasteiger partial charge on any atom is -0.482 e. The average Bonchev–Trinajstić information content (AvgIpc) is 2.70. The summed E-state index contributed by atoms with van der Waals surface area (Å²) in [5.74, 6) is 0.241. The third-order valence-electron chi connectivity index (χ3n) is 4.63. The molecule has 2 aromatic carbocycles. The molecule has 0 spiro atoms. The molecule has 0 aliphatic carbocycles. The van der Waals surface area contributed by atoms with Gasteiger partial charge >= 0.3 is 0 Å². The Morgan fingerprint density at radius 3 is 2.76 bits per heavy atom. The molecule has 2 aromatic rings. The molecule has 1 aliphatic rings. The van der Waals surface area contributed by atoms with Crippen molar-refractivity contribution in [2.75, 3.05) is 29.6 Å². The Labute approximate surface area is 178 Å². The van der Waals surface area contributed by atoms with Gasteiger partial charge in [-0.2, -0.15) is 0 Å². The summed E-state index contributed by atoms with van der Waals surface area (Å²) in [6, 6.07) is 10.3. The van der Waals surface area contributed by atoms with Crippen LogP contribution in [-0.2, 0) is 9.59 Å². The third kappa shape index (κ3) is 4.92. The van der Waals surface area contributed by atoms with Gasteiger partial charge in [0.05, 0.1) is 16.7 Å². The number of benzene rings is 2. The molecule has 0 saturated heterocycles. The summed E-state index contributed by atoms with van der Waals surface area (Å²) in [6.07, 6.45) is 0. The highest BCUT2D eigenvalue weighted by atomic mass is 35.5. The van der Waals surface area contributed by atoms with Gasteiger partial charge in [-0.1, -0.05) is 11.6 Å². The van der Waals surface area contributed by atoms with Crippen molar-refractivity contribution < 1.29 is 19.1 Å². The number of fused-ring (bicyclic) bond motifs is 1. The lowest BCUT2D eigenvalue weighted by Gasteiger charge is -2.26. The number of ketones is 1. The molecule has 29 heavy (non-hydrogen) atoms. The Hall–Kier alpha value is -2.51. The quantitative estimate of drug-likeness (QED) is 0.699. The second kappa shape index (κ2) is 8.88. The van der Waals surface area contributed by atoms with E-state index in [1.54, 1.807) is 50.4 Å². The van der Waals surface area contributed by atoms with Gasteiger partial charge in [0.2, 0.25) is 5.91 Å². The Morgan fingerprint density at radius 1 is 1.28 bits per heavy atom. The number of anilines is 2. The molecule has 1 N–H and O–H groups in total. The van der Waals surface area contributed by atoms with E-state index in [9.17, 15) is 14.4 Å². The van der Waals surface area contributed by atoms with Crippen molar-refractivity contribution in [3.8, 4) is 5.75 Å². The second-order valence-corrected chi connectivity index (χ2v) is 8.51. The summed E-state index contributed by atoms with van der Waals surface area (Å²) in [4.78, 5) is 38.3. The Kier molecular flexibility index (Phi) is 6.49. The molecule has 6 nitrogen and oxygen atoms in total. The van der Waals surface area contributed by atoms with Crippen molar-refractivity contribution in [3.63, 3.8) is 0 Å². The van der Waals surface area contributed by atoms with Crippen LogP contribution in [0.2, 0.25) is 5.02 Å². The van der Waals surface area contributed by atoms with Gasteiger partial charge in [-0.3, -0.25) is 14.4 Å². The van der Waals surface area contributed by atoms with Crippen LogP contribution in [-0.4, -0.2) is 42.3 Å². The Morgan fingerprint density at radius 2 is 2.03 bits per heavy atom. The first-order valence-corrected chi connectivity index (χ1v) is 10.4. The molecule has 1 atom stereocenters. The number of carbonyl (C=O) groups excluding carboxylic acids is 3. The van der Waals surface area contributed by atoms with Crippen molar-refractivity contribution >= 4 is 52.3 Å². The van der Waals surface area contributed by atoms with Gasteiger partial charge in [0.25, 0.3) is 5.91 Å². The lowest BCUT2D eigenvalue weighted by Crippen LogP contribution is -2.35. The molecule has 1 aliphatic heterocycles. The van der Waals surface area contributed by atoms with E-state index in [1.165, 1.54) is 16.7 Å². The molecular weight excluding hydrogens is 412 g/mol. The minimum absolute atomic E-state index is 0.00868. The van der Waals surface area contributed by atoms with Crippen LogP contribution >= 0.6 is 23.4 Å². The van der Waals surface area contributed by atoms with E-state index in [1.807, 2.05) is 6.92 Å². The van der Waals surface area contributed by atoms with Crippen molar-refractivity contribution in [1.29, 1.82) is 0 Å². The maximum Gasteiger partial charge on any atom is 0.264 e. The predicted molar refractivity (Wildman–Crippen MR) is 116 cm³/mol. The fraction of sp³-hybridized carbons (Fsp3) is 0.286. The Bertz CT molecular complexity index is 979. The Balaban J connectivity index is 1.61. The number of nitrogens with zero attached hydrogens (tertiary/aromatic N) is 1. The molecule has 2 amide bonds. The smallest absolute Gasteiger partial charge is 0.264 e. The van der Waals surface area contributed by atoms with E-state index in [-0.39, 0.29) is 30.0 Å². The summed E-state index contributed by atoms with van der Waals surface area (Å²) in [7, 11) is 1.65. The van der Waals surface area contributed by atoms with E-state index < -0.39 is 5.25 Å². The summed E-state index contributed by atoms with van der Waals surface area (Å²) < 4.78 is 5.38. The van der Waals surface area contributed by atoms with Crippen LogP contribution in [0.1, 0.15) is 22.8 Å². The fourth-order valence-electron chi connectivity index (χ4n) is 2.89. The van der Waals surface area contributed by atoms with Gasteiger partial charge in [0.15, 0.2) is 12.4 Å². The first-order valence-electron chi connectivity index (χ1n) is 9.01. The van der Waals surface area contributed by atoms with Gasteiger partial charge in [0.1, 0.15) is 5.75 Å².